The van der Waals surface area contributed by atoms with Gasteiger partial charge in [0.25, 0.3) is 0 Å². The third-order valence-corrected chi connectivity index (χ3v) is 2.03. The predicted octanol–water partition coefficient (Wildman–Crippen LogP) is 2.10. The molecular weight excluding hydrogens is 200 g/mol. The smallest absolute Gasteiger partial charge is 0.170 e. The zero-order valence-corrected chi connectivity index (χ0v) is 8.76. The summed E-state index contributed by atoms with van der Waals surface area (Å²) < 4.78 is 26.3. The summed E-state index contributed by atoms with van der Waals surface area (Å²) in [7, 11) is 3.59. The molecule has 0 saturated heterocycles. The lowest BCUT2D eigenvalue weighted by Gasteiger charge is -2.09. The number of rotatable bonds is 4. The van der Waals surface area contributed by atoms with Gasteiger partial charge in [-0.25, -0.2) is 8.78 Å². The van der Waals surface area contributed by atoms with Crippen LogP contribution >= 0.6 is 0 Å². The summed E-state index contributed by atoms with van der Waals surface area (Å²) in [6, 6.07) is 3.42. The fourth-order valence-corrected chi connectivity index (χ4v) is 1.21. The lowest BCUT2D eigenvalue weighted by atomic mass is 10.1. The summed E-state index contributed by atoms with van der Waals surface area (Å²) in [4.78, 5) is 13.3. The van der Waals surface area contributed by atoms with Crippen molar-refractivity contribution in [3.05, 3.63) is 35.4 Å². The second kappa shape index (κ2) is 4.98. The highest BCUT2D eigenvalue weighted by Gasteiger charge is 2.16. The van der Waals surface area contributed by atoms with Gasteiger partial charge in [-0.15, -0.1) is 0 Å². The number of halogens is 2. The highest BCUT2D eigenvalue weighted by atomic mass is 19.1. The Morgan fingerprint density at radius 2 is 1.80 bits per heavy atom. The summed E-state index contributed by atoms with van der Waals surface area (Å²) in [5.41, 5.74) is -0.431. The molecule has 0 aliphatic heterocycles. The van der Waals surface area contributed by atoms with E-state index in [0.29, 0.717) is 6.54 Å². The number of nitrogens with zero attached hydrogens (tertiary/aromatic N) is 1. The Bertz CT molecular complexity index is 343. The summed E-state index contributed by atoms with van der Waals surface area (Å²) in [5, 5.41) is 0. The van der Waals surface area contributed by atoms with Gasteiger partial charge >= 0.3 is 0 Å². The minimum Gasteiger partial charge on any atom is -0.309 e. The monoisotopic (exact) mass is 213 g/mol. The van der Waals surface area contributed by atoms with Crippen LogP contribution in [0, 0.1) is 11.6 Å². The molecule has 15 heavy (non-hydrogen) atoms. The second-order valence-corrected chi connectivity index (χ2v) is 3.57. The van der Waals surface area contributed by atoms with Gasteiger partial charge in [-0.1, -0.05) is 6.07 Å². The Morgan fingerprint density at radius 1 is 1.27 bits per heavy atom. The largest absolute Gasteiger partial charge is 0.309 e. The zero-order valence-electron chi connectivity index (χ0n) is 8.76. The van der Waals surface area contributed by atoms with Crippen molar-refractivity contribution in [2.24, 2.45) is 0 Å². The minimum absolute atomic E-state index is 0.116. The highest BCUT2D eigenvalue weighted by molar-refractivity contribution is 5.96. The third-order valence-electron chi connectivity index (χ3n) is 2.03. The number of hydrogen-bond acceptors (Lipinski definition) is 2. The number of hydrogen-bond donors (Lipinski definition) is 0. The average Bonchev–Trinajstić information content (AvgIpc) is 2.14. The highest BCUT2D eigenvalue weighted by Crippen LogP contribution is 2.14. The van der Waals surface area contributed by atoms with E-state index in [9.17, 15) is 13.6 Å². The van der Waals surface area contributed by atoms with Gasteiger partial charge in [-0.05, 0) is 26.2 Å². The van der Waals surface area contributed by atoms with Crippen molar-refractivity contribution in [3.8, 4) is 0 Å². The zero-order chi connectivity index (χ0) is 11.4. The summed E-state index contributed by atoms with van der Waals surface area (Å²) in [6.45, 7) is 0.479. The van der Waals surface area contributed by atoms with Crippen LogP contribution in [0.2, 0.25) is 0 Å². The minimum atomic E-state index is -0.793. The first kappa shape index (κ1) is 11.8. The Labute approximate surface area is 87.5 Å². The first-order chi connectivity index (χ1) is 7.02. The SMILES string of the molecule is CN(C)CCC(=O)c1c(F)cccc1F. The van der Waals surface area contributed by atoms with Crippen LogP contribution in [0.5, 0.6) is 0 Å². The molecule has 0 spiro atoms. The van der Waals surface area contributed by atoms with Gasteiger partial charge < -0.3 is 4.90 Å². The van der Waals surface area contributed by atoms with Crippen LogP contribution in [0.1, 0.15) is 16.8 Å². The van der Waals surface area contributed by atoms with Crippen molar-refractivity contribution in [2.45, 2.75) is 6.42 Å². The van der Waals surface area contributed by atoms with Gasteiger partial charge in [0.05, 0.1) is 5.56 Å². The molecular formula is C11H13F2NO. The summed E-state index contributed by atoms with van der Waals surface area (Å²) in [5.74, 6) is -2.09. The molecule has 2 nitrogen and oxygen atoms in total. The maximum Gasteiger partial charge on any atom is 0.170 e. The van der Waals surface area contributed by atoms with E-state index in [2.05, 4.69) is 0 Å². The maximum absolute atomic E-state index is 13.2. The Hall–Kier alpha value is -1.29. The molecule has 0 heterocycles. The van der Waals surface area contributed by atoms with Crippen molar-refractivity contribution in [1.29, 1.82) is 0 Å². The fraction of sp³-hybridized carbons (Fsp3) is 0.364. The van der Waals surface area contributed by atoms with Crippen LogP contribution in [0.25, 0.3) is 0 Å². The molecule has 82 valence electrons. The van der Waals surface area contributed by atoms with Crippen LogP contribution in [-0.4, -0.2) is 31.3 Å². The van der Waals surface area contributed by atoms with Gasteiger partial charge in [0.15, 0.2) is 5.78 Å². The quantitative estimate of drug-likeness (QED) is 0.714. The fourth-order valence-electron chi connectivity index (χ4n) is 1.21. The van der Waals surface area contributed by atoms with E-state index in [0.717, 1.165) is 12.1 Å². The topological polar surface area (TPSA) is 20.3 Å². The molecule has 0 aliphatic carbocycles. The number of ketones is 1. The number of benzene rings is 1. The molecule has 0 aromatic heterocycles. The lowest BCUT2D eigenvalue weighted by Crippen LogP contribution is -2.18. The maximum atomic E-state index is 13.2. The Kier molecular flexibility index (Phi) is 3.91. The number of carbonyl (C=O) groups is 1. The van der Waals surface area contributed by atoms with E-state index in [1.165, 1.54) is 6.07 Å². The Morgan fingerprint density at radius 3 is 2.27 bits per heavy atom. The molecule has 0 fully saturated rings. The van der Waals surface area contributed by atoms with Gasteiger partial charge in [0, 0.05) is 13.0 Å². The van der Waals surface area contributed by atoms with Crippen molar-refractivity contribution in [1.82, 2.24) is 4.90 Å². The standard InChI is InChI=1S/C11H13F2NO/c1-14(2)7-6-10(15)11-8(12)4-3-5-9(11)13/h3-5H,6-7H2,1-2H3. The van der Waals surface area contributed by atoms with Crippen LogP contribution in [0.3, 0.4) is 0 Å². The van der Waals surface area contributed by atoms with Crippen LogP contribution in [0.4, 0.5) is 8.78 Å². The molecule has 0 unspecified atom stereocenters. The molecule has 1 aromatic rings. The van der Waals surface area contributed by atoms with Crippen molar-refractivity contribution in [2.75, 3.05) is 20.6 Å². The van der Waals surface area contributed by atoms with Crippen molar-refractivity contribution in [3.63, 3.8) is 0 Å². The molecule has 0 bridgehead atoms. The van der Waals surface area contributed by atoms with E-state index in [-0.39, 0.29) is 6.42 Å². The normalized spacial score (nSPS) is 10.7. The molecule has 0 saturated carbocycles. The summed E-state index contributed by atoms with van der Waals surface area (Å²) >= 11 is 0. The average molecular weight is 213 g/mol. The van der Waals surface area contributed by atoms with Crippen LogP contribution in [0.15, 0.2) is 18.2 Å². The molecule has 0 aliphatic rings. The lowest BCUT2D eigenvalue weighted by molar-refractivity contribution is 0.0964. The third kappa shape index (κ3) is 3.09. The number of Topliss-reactive ketones (excluding diaryl/α,β-unsaturated/α-hetero) is 1. The van der Waals surface area contributed by atoms with E-state index in [4.69, 9.17) is 0 Å². The van der Waals surface area contributed by atoms with E-state index < -0.39 is 23.0 Å². The van der Waals surface area contributed by atoms with Gasteiger partial charge in [0.1, 0.15) is 11.6 Å². The van der Waals surface area contributed by atoms with Gasteiger partial charge in [-0.2, -0.15) is 0 Å². The van der Waals surface area contributed by atoms with E-state index in [1.807, 2.05) is 0 Å². The van der Waals surface area contributed by atoms with Crippen LogP contribution < -0.4 is 0 Å². The number of carbonyl (C=O) groups excluding carboxylic acids is 1. The predicted molar refractivity (Wildman–Crippen MR) is 53.9 cm³/mol. The van der Waals surface area contributed by atoms with Gasteiger partial charge in [-0.3, -0.25) is 4.79 Å². The van der Waals surface area contributed by atoms with E-state index in [1.54, 1.807) is 19.0 Å². The molecule has 0 amide bonds. The van der Waals surface area contributed by atoms with Crippen molar-refractivity contribution < 1.29 is 13.6 Å². The molecule has 4 heteroatoms. The molecule has 1 aromatic carbocycles. The molecule has 1 rings (SSSR count). The second-order valence-electron chi connectivity index (χ2n) is 3.57. The van der Waals surface area contributed by atoms with E-state index >= 15 is 0 Å². The molecule has 0 radical (unpaired) electrons. The first-order valence-electron chi connectivity index (χ1n) is 4.64. The van der Waals surface area contributed by atoms with Crippen molar-refractivity contribution >= 4 is 5.78 Å². The molecule has 0 atom stereocenters. The molecule has 0 N–H and O–H groups in total. The Balaban J connectivity index is 2.82. The van der Waals surface area contributed by atoms with Crippen LogP contribution in [-0.2, 0) is 0 Å². The first-order valence-corrected chi connectivity index (χ1v) is 4.64. The van der Waals surface area contributed by atoms with Gasteiger partial charge in [0.2, 0.25) is 0 Å². The summed E-state index contributed by atoms with van der Waals surface area (Å²) in [6.07, 6.45) is 0.116.